The summed E-state index contributed by atoms with van der Waals surface area (Å²) in [7, 11) is 1.76. The molecule has 4 heteroatoms. The van der Waals surface area contributed by atoms with Crippen molar-refractivity contribution in [3.05, 3.63) is 16.1 Å². The molecule has 18 heavy (non-hydrogen) atoms. The van der Waals surface area contributed by atoms with Gasteiger partial charge in [0.1, 0.15) is 0 Å². The van der Waals surface area contributed by atoms with Gasteiger partial charge in [0.05, 0.1) is 11.1 Å². The van der Waals surface area contributed by atoms with Gasteiger partial charge in [-0.2, -0.15) is 0 Å². The van der Waals surface area contributed by atoms with E-state index >= 15 is 0 Å². The fourth-order valence-electron chi connectivity index (χ4n) is 2.40. The summed E-state index contributed by atoms with van der Waals surface area (Å²) in [6, 6.07) is 0.368. The number of ether oxygens (including phenoxy) is 1. The maximum absolute atomic E-state index is 5.31. The number of methoxy groups -OCH3 is 1. The molecule has 1 aromatic rings. The lowest BCUT2D eigenvalue weighted by Crippen LogP contribution is -2.35. The predicted octanol–water partition coefficient (Wildman–Crippen LogP) is 3.31. The Morgan fingerprint density at radius 3 is 2.83 bits per heavy atom. The van der Waals surface area contributed by atoms with Gasteiger partial charge in [-0.15, -0.1) is 11.3 Å². The van der Waals surface area contributed by atoms with Crippen LogP contribution in [0.2, 0.25) is 0 Å². The molecule has 0 saturated heterocycles. The molecule has 2 rings (SSSR count). The van der Waals surface area contributed by atoms with Gasteiger partial charge < -0.3 is 10.1 Å². The molecule has 2 atom stereocenters. The van der Waals surface area contributed by atoms with Crippen LogP contribution in [-0.4, -0.2) is 24.2 Å². The summed E-state index contributed by atoms with van der Waals surface area (Å²) in [6.45, 7) is 5.15. The average Bonchev–Trinajstić information content (AvgIpc) is 3.04. The molecule has 1 aliphatic rings. The lowest BCUT2D eigenvalue weighted by Gasteiger charge is -2.19. The summed E-state index contributed by atoms with van der Waals surface area (Å²) in [4.78, 5) is 5.93. The molecule has 0 spiro atoms. The van der Waals surface area contributed by atoms with E-state index in [1.165, 1.54) is 35.6 Å². The van der Waals surface area contributed by atoms with Gasteiger partial charge in [-0.25, -0.2) is 4.98 Å². The van der Waals surface area contributed by atoms with E-state index in [2.05, 4.69) is 24.1 Å². The number of hydrogen-bond donors (Lipinski definition) is 1. The highest BCUT2D eigenvalue weighted by atomic mass is 32.1. The van der Waals surface area contributed by atoms with Crippen molar-refractivity contribution < 1.29 is 4.74 Å². The van der Waals surface area contributed by atoms with Crippen LogP contribution in [0.1, 0.15) is 55.3 Å². The molecule has 102 valence electrons. The summed E-state index contributed by atoms with van der Waals surface area (Å²) >= 11 is 1.88. The lowest BCUT2D eigenvalue weighted by molar-refractivity contribution is 0.0883. The molecule has 0 amide bonds. The quantitative estimate of drug-likeness (QED) is 0.859. The van der Waals surface area contributed by atoms with Crippen LogP contribution in [0.25, 0.3) is 0 Å². The highest BCUT2D eigenvalue weighted by Gasteiger charge is 2.20. The van der Waals surface area contributed by atoms with Crippen LogP contribution in [0.4, 0.5) is 0 Å². The Morgan fingerprint density at radius 1 is 1.44 bits per heavy atom. The second-order valence-electron chi connectivity index (χ2n) is 5.26. The summed E-state index contributed by atoms with van der Waals surface area (Å²) in [5, 5.41) is 4.84. The van der Waals surface area contributed by atoms with E-state index in [-0.39, 0.29) is 6.10 Å². The van der Waals surface area contributed by atoms with E-state index in [0.29, 0.717) is 6.04 Å². The van der Waals surface area contributed by atoms with Gasteiger partial charge in [0, 0.05) is 36.7 Å². The number of rotatable bonds is 6. The van der Waals surface area contributed by atoms with E-state index < -0.39 is 0 Å². The van der Waals surface area contributed by atoms with Crippen molar-refractivity contribution in [1.82, 2.24) is 10.3 Å². The summed E-state index contributed by atoms with van der Waals surface area (Å²) in [5.74, 6) is 0.735. The van der Waals surface area contributed by atoms with E-state index in [9.17, 15) is 0 Å². The van der Waals surface area contributed by atoms with Crippen LogP contribution in [0.3, 0.4) is 0 Å². The molecule has 1 saturated carbocycles. The van der Waals surface area contributed by atoms with Crippen LogP contribution in [0.15, 0.2) is 6.20 Å². The Kier molecular flexibility index (Phi) is 5.15. The van der Waals surface area contributed by atoms with Crippen molar-refractivity contribution in [3.8, 4) is 0 Å². The van der Waals surface area contributed by atoms with Gasteiger partial charge in [0.25, 0.3) is 0 Å². The number of hydrogen-bond acceptors (Lipinski definition) is 4. The van der Waals surface area contributed by atoms with Crippen molar-refractivity contribution in [2.75, 3.05) is 7.11 Å². The smallest absolute Gasteiger partial charge is 0.0959 e. The summed E-state index contributed by atoms with van der Waals surface area (Å²) in [6.07, 6.45) is 7.69. The van der Waals surface area contributed by atoms with Gasteiger partial charge in [-0.05, 0) is 26.7 Å². The standard InChI is InChI=1S/C14H24N2OS/c1-10(11(2)17-3)15-8-13-9-16-14(18-13)12-6-4-5-7-12/h9-12,15H,4-8H2,1-3H3/t10-,11?/m0/s1. The van der Waals surface area contributed by atoms with Gasteiger partial charge in [-0.3, -0.25) is 0 Å². The third kappa shape index (κ3) is 3.53. The maximum Gasteiger partial charge on any atom is 0.0959 e. The molecule has 0 aromatic carbocycles. The fraction of sp³-hybridized carbons (Fsp3) is 0.786. The zero-order valence-corrected chi connectivity index (χ0v) is 12.4. The van der Waals surface area contributed by atoms with Crippen LogP contribution in [-0.2, 0) is 11.3 Å². The molecule has 1 heterocycles. The summed E-state index contributed by atoms with van der Waals surface area (Å²) in [5.41, 5.74) is 0. The molecular formula is C14H24N2OS. The molecule has 1 fully saturated rings. The molecule has 0 aliphatic heterocycles. The highest BCUT2D eigenvalue weighted by Crippen LogP contribution is 2.35. The van der Waals surface area contributed by atoms with E-state index in [1.54, 1.807) is 7.11 Å². The topological polar surface area (TPSA) is 34.1 Å². The fourth-order valence-corrected chi connectivity index (χ4v) is 3.43. The molecule has 3 nitrogen and oxygen atoms in total. The Hall–Kier alpha value is -0.450. The van der Waals surface area contributed by atoms with E-state index in [4.69, 9.17) is 4.74 Å². The zero-order chi connectivity index (χ0) is 13.0. The second kappa shape index (κ2) is 6.64. The molecule has 0 radical (unpaired) electrons. The second-order valence-corrected chi connectivity index (χ2v) is 6.40. The lowest BCUT2D eigenvalue weighted by atomic mass is 10.1. The molecule has 1 N–H and O–H groups in total. The van der Waals surface area contributed by atoms with Crippen molar-refractivity contribution in [1.29, 1.82) is 0 Å². The van der Waals surface area contributed by atoms with Gasteiger partial charge >= 0.3 is 0 Å². The molecule has 0 bridgehead atoms. The first-order valence-electron chi connectivity index (χ1n) is 6.91. The van der Waals surface area contributed by atoms with Crippen LogP contribution in [0, 0.1) is 0 Å². The SMILES string of the molecule is COC(C)[C@H](C)NCc1cnc(C2CCCC2)s1. The minimum atomic E-state index is 0.243. The van der Waals surface area contributed by atoms with Crippen LogP contribution in [0.5, 0.6) is 0 Å². The normalized spacial score (nSPS) is 20.2. The Morgan fingerprint density at radius 2 is 2.17 bits per heavy atom. The minimum absolute atomic E-state index is 0.243. The Bertz CT molecular complexity index is 360. The zero-order valence-electron chi connectivity index (χ0n) is 11.6. The van der Waals surface area contributed by atoms with Crippen LogP contribution < -0.4 is 5.32 Å². The molecule has 1 aliphatic carbocycles. The molecular weight excluding hydrogens is 244 g/mol. The summed E-state index contributed by atoms with van der Waals surface area (Å²) < 4.78 is 5.31. The third-order valence-corrected chi connectivity index (χ3v) is 5.11. The van der Waals surface area contributed by atoms with Crippen molar-refractivity contribution >= 4 is 11.3 Å². The number of aromatic nitrogens is 1. The molecule has 1 unspecified atom stereocenters. The Labute approximate surface area is 114 Å². The van der Waals surface area contributed by atoms with Crippen molar-refractivity contribution in [2.24, 2.45) is 0 Å². The number of nitrogens with zero attached hydrogens (tertiary/aromatic N) is 1. The highest BCUT2D eigenvalue weighted by molar-refractivity contribution is 7.11. The largest absolute Gasteiger partial charge is 0.380 e. The van der Waals surface area contributed by atoms with Gasteiger partial charge in [0.15, 0.2) is 0 Å². The number of nitrogens with one attached hydrogen (secondary N) is 1. The first-order chi connectivity index (χ1) is 8.70. The minimum Gasteiger partial charge on any atom is -0.380 e. The monoisotopic (exact) mass is 268 g/mol. The van der Waals surface area contributed by atoms with Crippen LogP contribution >= 0.6 is 11.3 Å². The van der Waals surface area contributed by atoms with E-state index in [0.717, 1.165) is 12.5 Å². The third-order valence-electron chi connectivity index (χ3n) is 3.95. The maximum atomic E-state index is 5.31. The number of thiazole rings is 1. The van der Waals surface area contributed by atoms with Gasteiger partial charge in [-0.1, -0.05) is 12.8 Å². The average molecular weight is 268 g/mol. The van der Waals surface area contributed by atoms with Crippen molar-refractivity contribution in [2.45, 2.75) is 64.1 Å². The first kappa shape index (κ1) is 14.0. The van der Waals surface area contributed by atoms with Crippen molar-refractivity contribution in [3.63, 3.8) is 0 Å². The predicted molar refractivity (Wildman–Crippen MR) is 76.1 cm³/mol. The molecule has 1 aromatic heterocycles. The van der Waals surface area contributed by atoms with Gasteiger partial charge in [0.2, 0.25) is 0 Å². The Balaban J connectivity index is 1.83. The van der Waals surface area contributed by atoms with E-state index in [1.807, 2.05) is 17.5 Å². The first-order valence-corrected chi connectivity index (χ1v) is 7.73.